The number of rotatable bonds is 3. The zero-order chi connectivity index (χ0) is 13.0. The molecule has 0 bridgehead atoms. The summed E-state index contributed by atoms with van der Waals surface area (Å²) in [6.07, 6.45) is 12.8. The fraction of sp³-hybridized carbons (Fsp3) is 0.529. The van der Waals surface area contributed by atoms with Crippen LogP contribution < -0.4 is 0 Å². The second-order valence-electron chi connectivity index (χ2n) is 5.39. The van der Waals surface area contributed by atoms with Crippen molar-refractivity contribution >= 4 is 0 Å². The van der Waals surface area contributed by atoms with Gasteiger partial charge in [-0.25, -0.2) is 4.39 Å². The van der Waals surface area contributed by atoms with E-state index in [9.17, 15) is 4.39 Å². The van der Waals surface area contributed by atoms with Crippen LogP contribution in [0.1, 0.15) is 62.5 Å². The Labute approximate surface area is 110 Å². The summed E-state index contributed by atoms with van der Waals surface area (Å²) in [5.41, 5.74) is 1.50. The Morgan fingerprint density at radius 3 is 2.56 bits per heavy atom. The molecule has 0 radical (unpaired) electrons. The lowest BCUT2D eigenvalue weighted by Crippen LogP contribution is -2.13. The van der Waals surface area contributed by atoms with Crippen LogP contribution in [0.2, 0.25) is 0 Å². The summed E-state index contributed by atoms with van der Waals surface area (Å²) >= 11 is 0. The predicted octanol–water partition coefficient (Wildman–Crippen LogP) is 4.88. The third-order valence-electron chi connectivity index (χ3n) is 4.16. The minimum atomic E-state index is -0.245. The summed E-state index contributed by atoms with van der Waals surface area (Å²) in [4.78, 5) is 0. The zero-order valence-corrected chi connectivity index (χ0v) is 11.1. The molecule has 96 valence electrons. The van der Waals surface area contributed by atoms with Crippen LogP contribution in [-0.2, 0) is 0 Å². The molecule has 1 aliphatic carbocycles. The van der Waals surface area contributed by atoms with Crippen molar-refractivity contribution in [3.05, 3.63) is 35.1 Å². The van der Waals surface area contributed by atoms with Gasteiger partial charge in [-0.15, -0.1) is 6.42 Å². The Hall–Kier alpha value is -1.29. The maximum absolute atomic E-state index is 13.7. The van der Waals surface area contributed by atoms with Crippen molar-refractivity contribution in [2.45, 2.75) is 51.4 Å². The Morgan fingerprint density at radius 2 is 2.00 bits per heavy atom. The first-order chi connectivity index (χ1) is 8.74. The van der Waals surface area contributed by atoms with E-state index in [0.29, 0.717) is 11.5 Å². The molecule has 0 aliphatic heterocycles. The number of hydrogen-bond acceptors (Lipinski definition) is 0. The summed E-state index contributed by atoms with van der Waals surface area (Å²) in [7, 11) is 0. The topological polar surface area (TPSA) is 0 Å². The number of hydrogen-bond donors (Lipinski definition) is 0. The van der Waals surface area contributed by atoms with Crippen molar-refractivity contribution in [1.29, 1.82) is 0 Å². The van der Waals surface area contributed by atoms with E-state index < -0.39 is 0 Å². The van der Waals surface area contributed by atoms with Crippen molar-refractivity contribution in [2.75, 3.05) is 0 Å². The van der Waals surface area contributed by atoms with E-state index in [4.69, 9.17) is 6.42 Å². The lowest BCUT2D eigenvalue weighted by molar-refractivity contribution is 0.308. The number of benzene rings is 1. The van der Waals surface area contributed by atoms with Crippen molar-refractivity contribution in [1.82, 2.24) is 0 Å². The van der Waals surface area contributed by atoms with Gasteiger partial charge in [0.25, 0.3) is 0 Å². The molecule has 0 unspecified atom stereocenters. The molecule has 1 saturated carbocycles. The van der Waals surface area contributed by atoms with Gasteiger partial charge in [0.05, 0.1) is 5.56 Å². The SMILES string of the molecule is C#Cc1ccc([C@H]2CC[C@H](CCC)CC2)cc1F. The largest absolute Gasteiger partial charge is 0.206 e. The van der Waals surface area contributed by atoms with E-state index in [0.717, 1.165) is 11.5 Å². The third-order valence-corrected chi connectivity index (χ3v) is 4.16. The van der Waals surface area contributed by atoms with Crippen molar-refractivity contribution in [3.63, 3.8) is 0 Å². The van der Waals surface area contributed by atoms with Gasteiger partial charge in [0.1, 0.15) is 5.82 Å². The van der Waals surface area contributed by atoms with E-state index in [1.807, 2.05) is 6.07 Å². The quantitative estimate of drug-likeness (QED) is 0.665. The average Bonchev–Trinajstić information content (AvgIpc) is 2.40. The first-order valence-corrected chi connectivity index (χ1v) is 7.00. The maximum atomic E-state index is 13.7. The fourth-order valence-corrected chi connectivity index (χ4v) is 3.10. The number of halogens is 1. The highest BCUT2D eigenvalue weighted by molar-refractivity contribution is 5.37. The van der Waals surface area contributed by atoms with E-state index in [1.54, 1.807) is 12.1 Å². The summed E-state index contributed by atoms with van der Waals surface area (Å²) in [5, 5.41) is 0. The Balaban J connectivity index is 2.02. The first-order valence-electron chi connectivity index (χ1n) is 7.00. The van der Waals surface area contributed by atoms with Crippen LogP contribution in [0.4, 0.5) is 4.39 Å². The van der Waals surface area contributed by atoms with Gasteiger partial charge in [0.2, 0.25) is 0 Å². The molecule has 0 nitrogen and oxygen atoms in total. The average molecular weight is 244 g/mol. The Morgan fingerprint density at radius 1 is 1.28 bits per heavy atom. The van der Waals surface area contributed by atoms with Crippen LogP contribution in [-0.4, -0.2) is 0 Å². The van der Waals surface area contributed by atoms with Gasteiger partial charge in [-0.2, -0.15) is 0 Å². The van der Waals surface area contributed by atoms with E-state index in [2.05, 4.69) is 12.8 Å². The highest BCUT2D eigenvalue weighted by Gasteiger charge is 2.22. The van der Waals surface area contributed by atoms with Crippen molar-refractivity contribution in [3.8, 4) is 12.3 Å². The Bertz CT molecular complexity index is 433. The second-order valence-corrected chi connectivity index (χ2v) is 5.39. The first kappa shape index (κ1) is 13.1. The summed E-state index contributed by atoms with van der Waals surface area (Å²) in [5.74, 6) is 3.55. The highest BCUT2D eigenvalue weighted by atomic mass is 19.1. The molecule has 0 atom stereocenters. The lowest BCUT2D eigenvalue weighted by Gasteiger charge is -2.28. The van der Waals surface area contributed by atoms with Gasteiger partial charge in [0, 0.05) is 0 Å². The second kappa shape index (κ2) is 6.05. The van der Waals surface area contributed by atoms with Crippen LogP contribution in [0.15, 0.2) is 18.2 Å². The minimum absolute atomic E-state index is 0.245. The fourth-order valence-electron chi connectivity index (χ4n) is 3.10. The van der Waals surface area contributed by atoms with E-state index in [1.165, 1.54) is 38.5 Å². The van der Waals surface area contributed by atoms with Gasteiger partial charge in [-0.3, -0.25) is 0 Å². The lowest BCUT2D eigenvalue weighted by atomic mass is 9.77. The predicted molar refractivity (Wildman–Crippen MR) is 73.9 cm³/mol. The molecule has 0 N–H and O–H groups in total. The standard InChI is InChI=1S/C17H21F/c1-3-5-13-6-8-15(9-7-13)16-11-10-14(4-2)17(18)12-16/h2,10-13,15H,3,5-9H2,1H3/t13-,15-. The molecule has 1 heteroatoms. The molecule has 0 amide bonds. The molecule has 18 heavy (non-hydrogen) atoms. The van der Waals surface area contributed by atoms with Crippen LogP contribution in [0.5, 0.6) is 0 Å². The minimum Gasteiger partial charge on any atom is -0.206 e. The van der Waals surface area contributed by atoms with E-state index >= 15 is 0 Å². The molecule has 0 heterocycles. The van der Waals surface area contributed by atoms with Gasteiger partial charge < -0.3 is 0 Å². The smallest absolute Gasteiger partial charge is 0.139 e. The summed E-state index contributed by atoms with van der Waals surface area (Å²) in [6, 6.07) is 5.38. The van der Waals surface area contributed by atoms with Gasteiger partial charge in [-0.1, -0.05) is 31.8 Å². The van der Waals surface area contributed by atoms with E-state index in [-0.39, 0.29) is 5.82 Å². The van der Waals surface area contributed by atoms with Crippen LogP contribution >= 0.6 is 0 Å². The molecule has 2 rings (SSSR count). The van der Waals surface area contributed by atoms with Gasteiger partial charge in [0.15, 0.2) is 0 Å². The maximum Gasteiger partial charge on any atom is 0.139 e. The zero-order valence-electron chi connectivity index (χ0n) is 11.1. The van der Waals surface area contributed by atoms with Crippen LogP contribution in [0.25, 0.3) is 0 Å². The van der Waals surface area contributed by atoms with Gasteiger partial charge >= 0.3 is 0 Å². The summed E-state index contributed by atoms with van der Waals surface area (Å²) < 4.78 is 13.7. The third kappa shape index (κ3) is 2.93. The molecule has 0 spiro atoms. The molecule has 1 aromatic carbocycles. The normalized spacial score (nSPS) is 23.6. The monoisotopic (exact) mass is 244 g/mol. The molecular formula is C17H21F. The molecule has 1 fully saturated rings. The highest BCUT2D eigenvalue weighted by Crippen LogP contribution is 2.37. The van der Waals surface area contributed by atoms with Crippen LogP contribution in [0, 0.1) is 24.1 Å². The van der Waals surface area contributed by atoms with Crippen LogP contribution in [0.3, 0.4) is 0 Å². The molecule has 1 aliphatic rings. The summed E-state index contributed by atoms with van der Waals surface area (Å²) in [6.45, 7) is 2.25. The number of terminal acetylenes is 1. The molecular weight excluding hydrogens is 223 g/mol. The molecule has 0 saturated heterocycles. The Kier molecular flexibility index (Phi) is 4.42. The van der Waals surface area contributed by atoms with Crippen molar-refractivity contribution < 1.29 is 4.39 Å². The van der Waals surface area contributed by atoms with Crippen molar-refractivity contribution in [2.24, 2.45) is 5.92 Å². The molecule has 1 aromatic rings. The van der Waals surface area contributed by atoms with Gasteiger partial charge in [-0.05, 0) is 55.2 Å². The molecule has 0 aromatic heterocycles.